The molecule has 0 N–H and O–H groups in total. The zero-order valence-corrected chi connectivity index (χ0v) is 11.1. The Morgan fingerprint density at radius 1 is 1.22 bits per heavy atom. The molecule has 0 aliphatic rings. The SMILES string of the molecule is COCC(C#N)=Cc1cc(OC)c(C)c(OC)c1. The Balaban J connectivity index is 3.22. The Kier molecular flexibility index (Phi) is 5.22. The van der Waals surface area contributed by atoms with E-state index in [2.05, 4.69) is 6.07 Å². The summed E-state index contributed by atoms with van der Waals surface area (Å²) in [5, 5.41) is 8.97. The summed E-state index contributed by atoms with van der Waals surface area (Å²) < 4.78 is 15.5. The Morgan fingerprint density at radius 2 is 1.78 bits per heavy atom. The van der Waals surface area contributed by atoms with E-state index in [1.807, 2.05) is 19.1 Å². The van der Waals surface area contributed by atoms with E-state index in [0.29, 0.717) is 5.57 Å². The third kappa shape index (κ3) is 3.25. The first-order valence-electron chi connectivity index (χ1n) is 5.48. The van der Waals surface area contributed by atoms with Crippen LogP contribution in [0.4, 0.5) is 0 Å². The first-order valence-corrected chi connectivity index (χ1v) is 5.48. The van der Waals surface area contributed by atoms with Gasteiger partial charge in [0.25, 0.3) is 0 Å². The quantitative estimate of drug-likeness (QED) is 0.750. The van der Waals surface area contributed by atoms with Gasteiger partial charge in [-0.05, 0) is 30.7 Å². The molecule has 4 nitrogen and oxygen atoms in total. The van der Waals surface area contributed by atoms with Crippen LogP contribution in [0.5, 0.6) is 11.5 Å². The maximum Gasteiger partial charge on any atom is 0.126 e. The van der Waals surface area contributed by atoms with Crippen LogP contribution in [0.3, 0.4) is 0 Å². The minimum atomic E-state index is 0.287. The molecule has 1 rings (SSSR count). The second kappa shape index (κ2) is 6.67. The molecule has 18 heavy (non-hydrogen) atoms. The Bertz CT molecular complexity index is 461. The van der Waals surface area contributed by atoms with Gasteiger partial charge in [0.05, 0.1) is 32.5 Å². The lowest BCUT2D eigenvalue weighted by Gasteiger charge is -2.11. The Hall–Kier alpha value is -1.99. The summed E-state index contributed by atoms with van der Waals surface area (Å²) in [6, 6.07) is 5.83. The van der Waals surface area contributed by atoms with Gasteiger partial charge in [0, 0.05) is 12.7 Å². The minimum Gasteiger partial charge on any atom is -0.496 e. The maximum atomic E-state index is 8.97. The molecule has 0 aliphatic carbocycles. The van der Waals surface area contributed by atoms with Crippen molar-refractivity contribution < 1.29 is 14.2 Å². The van der Waals surface area contributed by atoms with E-state index in [4.69, 9.17) is 19.5 Å². The van der Waals surface area contributed by atoms with Crippen LogP contribution in [0.25, 0.3) is 6.08 Å². The van der Waals surface area contributed by atoms with Gasteiger partial charge in [-0.3, -0.25) is 0 Å². The third-order valence-corrected chi connectivity index (χ3v) is 2.56. The molecule has 0 saturated heterocycles. The van der Waals surface area contributed by atoms with Gasteiger partial charge in [-0.15, -0.1) is 0 Å². The third-order valence-electron chi connectivity index (χ3n) is 2.56. The van der Waals surface area contributed by atoms with Crippen molar-refractivity contribution in [3.05, 3.63) is 28.8 Å². The molecule has 0 fully saturated rings. The van der Waals surface area contributed by atoms with Crippen molar-refractivity contribution in [2.45, 2.75) is 6.92 Å². The summed E-state index contributed by atoms with van der Waals surface area (Å²) in [5.41, 5.74) is 2.33. The van der Waals surface area contributed by atoms with Gasteiger partial charge in [-0.2, -0.15) is 5.26 Å². The van der Waals surface area contributed by atoms with Crippen molar-refractivity contribution in [1.82, 2.24) is 0 Å². The molecule has 0 saturated carbocycles. The fourth-order valence-corrected chi connectivity index (χ4v) is 1.65. The fourth-order valence-electron chi connectivity index (χ4n) is 1.65. The van der Waals surface area contributed by atoms with Crippen LogP contribution in [0.1, 0.15) is 11.1 Å². The van der Waals surface area contributed by atoms with Crippen molar-refractivity contribution in [3.8, 4) is 17.6 Å². The highest BCUT2D eigenvalue weighted by molar-refractivity contribution is 5.62. The summed E-state index contributed by atoms with van der Waals surface area (Å²) in [5.74, 6) is 1.46. The predicted molar refractivity (Wildman–Crippen MR) is 69.7 cm³/mol. The van der Waals surface area contributed by atoms with Crippen LogP contribution in [0.2, 0.25) is 0 Å². The van der Waals surface area contributed by atoms with E-state index in [9.17, 15) is 0 Å². The highest BCUT2D eigenvalue weighted by Gasteiger charge is 2.07. The number of hydrogen-bond acceptors (Lipinski definition) is 4. The maximum absolute atomic E-state index is 8.97. The number of ether oxygens (including phenoxy) is 3. The Labute approximate surface area is 107 Å². The number of hydrogen-bond donors (Lipinski definition) is 0. The van der Waals surface area contributed by atoms with Gasteiger partial charge in [0.1, 0.15) is 11.5 Å². The number of rotatable bonds is 5. The smallest absolute Gasteiger partial charge is 0.126 e. The zero-order chi connectivity index (χ0) is 13.5. The monoisotopic (exact) mass is 247 g/mol. The predicted octanol–water partition coefficient (Wildman–Crippen LogP) is 2.57. The molecule has 0 heterocycles. The molecular formula is C14H17NO3. The number of methoxy groups -OCH3 is 3. The van der Waals surface area contributed by atoms with E-state index < -0.39 is 0 Å². The van der Waals surface area contributed by atoms with Gasteiger partial charge in [-0.25, -0.2) is 0 Å². The van der Waals surface area contributed by atoms with Crippen LogP contribution in [-0.2, 0) is 4.74 Å². The van der Waals surface area contributed by atoms with Gasteiger partial charge >= 0.3 is 0 Å². The fraction of sp³-hybridized carbons (Fsp3) is 0.357. The first-order chi connectivity index (χ1) is 8.65. The molecule has 0 aromatic heterocycles. The normalized spacial score (nSPS) is 10.9. The van der Waals surface area contributed by atoms with Crippen LogP contribution in [0, 0.1) is 18.3 Å². The summed E-state index contributed by atoms with van der Waals surface area (Å²) >= 11 is 0. The molecule has 96 valence electrons. The molecule has 4 heteroatoms. The summed E-state index contributed by atoms with van der Waals surface area (Å²) in [6.45, 7) is 2.21. The van der Waals surface area contributed by atoms with Crippen LogP contribution in [0.15, 0.2) is 17.7 Å². The lowest BCUT2D eigenvalue weighted by molar-refractivity contribution is 0.229. The van der Waals surface area contributed by atoms with Crippen molar-refractivity contribution in [2.24, 2.45) is 0 Å². The van der Waals surface area contributed by atoms with Crippen LogP contribution < -0.4 is 9.47 Å². The van der Waals surface area contributed by atoms with Gasteiger partial charge < -0.3 is 14.2 Å². The number of benzene rings is 1. The molecule has 0 unspecified atom stereocenters. The lowest BCUT2D eigenvalue weighted by atomic mass is 10.1. The lowest BCUT2D eigenvalue weighted by Crippen LogP contribution is -1.95. The molecule has 1 aromatic carbocycles. The van der Waals surface area contributed by atoms with Crippen LogP contribution in [-0.4, -0.2) is 27.9 Å². The highest BCUT2D eigenvalue weighted by atomic mass is 16.5. The van der Waals surface area contributed by atoms with Crippen molar-refractivity contribution in [3.63, 3.8) is 0 Å². The Morgan fingerprint density at radius 3 is 2.17 bits per heavy atom. The molecule has 0 amide bonds. The van der Waals surface area contributed by atoms with Crippen molar-refractivity contribution in [1.29, 1.82) is 5.26 Å². The molecule has 0 aliphatic heterocycles. The average molecular weight is 247 g/mol. The average Bonchev–Trinajstić information content (AvgIpc) is 2.39. The van der Waals surface area contributed by atoms with E-state index in [1.165, 1.54) is 0 Å². The van der Waals surface area contributed by atoms with E-state index in [-0.39, 0.29) is 6.61 Å². The van der Waals surface area contributed by atoms with Gasteiger partial charge in [-0.1, -0.05) is 0 Å². The standard InChI is InChI=1S/C14H17NO3/c1-10-13(17-3)6-11(7-14(10)18-4)5-12(8-15)9-16-2/h5-7H,9H2,1-4H3. The van der Waals surface area contributed by atoms with Crippen molar-refractivity contribution >= 4 is 6.08 Å². The van der Waals surface area contributed by atoms with Gasteiger partial charge in [0.2, 0.25) is 0 Å². The van der Waals surface area contributed by atoms with Crippen LogP contribution >= 0.6 is 0 Å². The minimum absolute atomic E-state index is 0.287. The summed E-state index contributed by atoms with van der Waals surface area (Å²) in [6.07, 6.45) is 1.76. The van der Waals surface area contributed by atoms with E-state index in [0.717, 1.165) is 22.6 Å². The molecular weight excluding hydrogens is 230 g/mol. The second-order valence-electron chi connectivity index (χ2n) is 3.76. The summed E-state index contributed by atoms with van der Waals surface area (Å²) in [4.78, 5) is 0. The van der Waals surface area contributed by atoms with Crippen molar-refractivity contribution in [2.75, 3.05) is 27.9 Å². The highest BCUT2D eigenvalue weighted by Crippen LogP contribution is 2.30. The molecule has 0 spiro atoms. The summed E-state index contributed by atoms with van der Waals surface area (Å²) in [7, 11) is 4.77. The number of nitrogens with zero attached hydrogens (tertiary/aromatic N) is 1. The molecule has 0 atom stereocenters. The second-order valence-corrected chi connectivity index (χ2v) is 3.76. The largest absolute Gasteiger partial charge is 0.496 e. The van der Waals surface area contributed by atoms with Gasteiger partial charge in [0.15, 0.2) is 0 Å². The first kappa shape index (κ1) is 14.1. The molecule has 0 bridgehead atoms. The molecule has 0 radical (unpaired) electrons. The topological polar surface area (TPSA) is 51.5 Å². The zero-order valence-electron chi connectivity index (χ0n) is 11.1. The molecule has 1 aromatic rings. The number of nitriles is 1. The van der Waals surface area contributed by atoms with E-state index in [1.54, 1.807) is 27.4 Å². The van der Waals surface area contributed by atoms with E-state index >= 15 is 0 Å².